The van der Waals surface area contributed by atoms with Crippen molar-refractivity contribution < 1.29 is 64.5 Å². The molecule has 2 unspecified atom stereocenters. The molecule has 1 spiro atoms. The molecule has 12 heteroatoms. The smallest absolute Gasteiger partial charge is 0.358 e. The van der Waals surface area contributed by atoms with Gasteiger partial charge < -0.3 is 55.3 Å². The first-order valence-electron chi connectivity index (χ1n) is 25.3. The Labute approximate surface area is 367 Å². The van der Waals surface area contributed by atoms with Crippen LogP contribution in [0.4, 0.5) is 0 Å². The van der Waals surface area contributed by atoms with E-state index in [1.54, 1.807) is 0 Å². The fourth-order valence-corrected chi connectivity index (χ4v) is 11.3. The maximum absolute atomic E-state index is 7.83. The zero-order valence-electron chi connectivity index (χ0n) is 38.6. The molecule has 2 atom stereocenters. The Morgan fingerprint density at radius 2 is 0.738 bits per heavy atom. The van der Waals surface area contributed by atoms with Crippen LogP contribution in [-0.4, -0.2) is 92.1 Å². The summed E-state index contributed by atoms with van der Waals surface area (Å²) in [4.78, 5) is 0. The van der Waals surface area contributed by atoms with Crippen LogP contribution in [0.15, 0.2) is 24.3 Å². The predicted molar refractivity (Wildman–Crippen MR) is 241 cm³/mol. The van der Waals surface area contributed by atoms with Crippen LogP contribution < -0.4 is 55.3 Å². The highest BCUT2D eigenvalue weighted by molar-refractivity contribution is 5.85. The van der Waals surface area contributed by atoms with E-state index in [9.17, 15) is 0 Å². The third-order valence-corrected chi connectivity index (χ3v) is 14.7. The van der Waals surface area contributed by atoms with E-state index in [1.807, 2.05) is 0 Å². The molecule has 0 bridgehead atoms. The van der Waals surface area contributed by atoms with Gasteiger partial charge in [0.2, 0.25) is 12.1 Å². The number of rotatable bonds is 28. The molecule has 1 aliphatic carbocycles. The van der Waals surface area contributed by atoms with Crippen LogP contribution in [-0.2, 0) is 0 Å². The Balaban J connectivity index is 1.57. The zero-order valence-corrected chi connectivity index (χ0v) is 38.6. The van der Waals surface area contributed by atoms with Gasteiger partial charge in [-0.1, -0.05) is 21.3 Å². The molecule has 4 aliphatic rings. The van der Waals surface area contributed by atoms with Gasteiger partial charge in [0, 0.05) is 12.8 Å². The van der Waals surface area contributed by atoms with Crippen molar-refractivity contribution >= 4 is 12.4 Å². The van der Waals surface area contributed by atoms with E-state index in [0.717, 1.165) is 179 Å². The highest BCUT2D eigenvalue weighted by Crippen LogP contribution is 2.50. The van der Waals surface area contributed by atoms with Crippen molar-refractivity contribution in [3.63, 3.8) is 0 Å². The molecular formula is C49H92N10O2+10. The summed E-state index contributed by atoms with van der Waals surface area (Å²) in [5, 5.41) is 0. The average molecular weight is 853 g/mol. The molecule has 1 saturated heterocycles. The molecule has 12 nitrogen and oxygen atoms in total. The minimum absolute atomic E-state index is 0.304. The number of hydrogen-bond donors (Lipinski definition) is 8. The molecule has 0 amide bonds. The molecule has 61 heavy (non-hydrogen) atoms. The summed E-state index contributed by atoms with van der Waals surface area (Å²) in [6.07, 6.45) is 27.7. The molecule has 2 aromatic carbocycles. The monoisotopic (exact) mass is 853 g/mol. The second-order valence-electron chi connectivity index (χ2n) is 19.1. The van der Waals surface area contributed by atoms with E-state index in [0.29, 0.717) is 35.8 Å². The summed E-state index contributed by atoms with van der Waals surface area (Å²) in [6.45, 7) is 7.63. The van der Waals surface area contributed by atoms with Gasteiger partial charge >= 0.3 is 6.03 Å². The summed E-state index contributed by atoms with van der Waals surface area (Å²) in [5.41, 5.74) is 42.2. The molecule has 1 saturated carbocycles. The molecule has 0 radical (unpaired) electrons. The third-order valence-electron chi connectivity index (χ3n) is 14.7. The molecule has 24 N–H and O–H groups in total. The third kappa shape index (κ3) is 10.9. The Hall–Kier alpha value is -2.94. The zero-order chi connectivity index (χ0) is 43.2. The van der Waals surface area contributed by atoms with Crippen molar-refractivity contribution in [1.29, 1.82) is 0 Å². The first kappa shape index (κ1) is 47.5. The maximum atomic E-state index is 7.83. The van der Waals surface area contributed by atoms with Crippen molar-refractivity contribution in [3.05, 3.63) is 57.6 Å². The Kier molecular flexibility index (Phi) is 18.4. The summed E-state index contributed by atoms with van der Waals surface area (Å²) in [6, 6.07) is 9.63. The van der Waals surface area contributed by atoms with Crippen molar-refractivity contribution in [3.8, 4) is 11.5 Å². The average Bonchev–Trinajstić information content (AvgIpc) is 3.55. The van der Waals surface area contributed by atoms with Crippen LogP contribution >= 0.6 is 0 Å². The van der Waals surface area contributed by atoms with Crippen molar-refractivity contribution in [2.24, 2.45) is 0 Å². The van der Waals surface area contributed by atoms with Crippen molar-refractivity contribution in [1.82, 2.24) is 0 Å². The van der Waals surface area contributed by atoms with Gasteiger partial charge in [0.05, 0.1) is 63.5 Å². The van der Waals surface area contributed by atoms with Gasteiger partial charge in [-0.2, -0.15) is 0 Å². The predicted octanol–water partition coefficient (Wildman–Crippen LogP) is -0.518. The summed E-state index contributed by atoms with van der Waals surface area (Å²) in [5.74, 6) is 3.76. The minimum Gasteiger partial charge on any atom is -0.358 e. The topological polar surface area (TPSA) is 246 Å². The normalized spacial score (nSPS) is 20.3. The fourth-order valence-electron chi connectivity index (χ4n) is 11.3. The first-order chi connectivity index (χ1) is 29.9. The fraction of sp³-hybridized carbons (Fsp3) is 0.714. The van der Waals surface area contributed by atoms with E-state index >= 15 is 0 Å². The van der Waals surface area contributed by atoms with E-state index in [4.69, 9.17) is 9.47 Å². The van der Waals surface area contributed by atoms with Crippen LogP contribution in [0.1, 0.15) is 185 Å². The lowest BCUT2D eigenvalue weighted by Gasteiger charge is -2.33. The van der Waals surface area contributed by atoms with Crippen LogP contribution in [0.2, 0.25) is 0 Å². The number of ether oxygens (including phenoxy) is 2. The Morgan fingerprint density at radius 3 is 1.03 bits per heavy atom. The standard InChI is InChI=1S/C49H84N10O2/c50-21-3-11-35(12-4-22-51)39-29-41-33-58-45-19-1-2-20-46(45)59-34-42-30-40(36(13-5-23-52)14-6-24-53)32-44(38(17-9-27-56)18-10-28-57)48(42)61-49(58,59)60-47(41)43(31-39)37(15-7-25-54)16-8-26-55/h29-38,45-46H,1-28,50-57H2/q+2/p+8. The lowest BCUT2D eigenvalue weighted by Crippen LogP contribution is -2.60. The highest BCUT2D eigenvalue weighted by Gasteiger charge is 2.76. The van der Waals surface area contributed by atoms with E-state index in [1.165, 1.54) is 46.2 Å². The SMILES string of the molecule is [NH3+]CCCC(CCC[NH3+])c1cc2c(c(C(CCC[NH3+])CCC[NH3+])c1)OC13Oc4c(cc(C(CCC[NH3+])CCC[NH3+])cc4C(CCC[NH3+])CCC[NH3+])C=[N+]1C1CCCCC1[N+]3=C2. The van der Waals surface area contributed by atoms with Gasteiger partial charge in [-0.25, -0.2) is 0 Å². The van der Waals surface area contributed by atoms with Crippen LogP contribution in [0, 0.1) is 0 Å². The number of benzene rings is 2. The first-order valence-corrected chi connectivity index (χ1v) is 25.3. The summed E-state index contributed by atoms with van der Waals surface area (Å²) < 4.78 is 20.7. The highest BCUT2D eigenvalue weighted by atomic mass is 16.7. The molecule has 340 valence electrons. The number of fused-ring (bicyclic) bond motifs is 5. The number of nitrogens with zero attached hydrogens (tertiary/aromatic N) is 2. The molecule has 3 aliphatic heterocycles. The van der Waals surface area contributed by atoms with E-state index in [-0.39, 0.29) is 0 Å². The van der Waals surface area contributed by atoms with Crippen molar-refractivity contribution in [2.75, 3.05) is 52.4 Å². The van der Waals surface area contributed by atoms with Crippen molar-refractivity contribution in [2.45, 2.75) is 170 Å². The van der Waals surface area contributed by atoms with Crippen LogP contribution in [0.3, 0.4) is 0 Å². The second kappa shape index (κ2) is 23.7. The van der Waals surface area contributed by atoms with Crippen LogP contribution in [0.5, 0.6) is 11.5 Å². The minimum atomic E-state index is -1.08. The number of quaternary nitrogens is 8. The van der Waals surface area contributed by atoms with Gasteiger partial charge in [0.25, 0.3) is 0 Å². The summed E-state index contributed by atoms with van der Waals surface area (Å²) >= 11 is 0. The van der Waals surface area contributed by atoms with Gasteiger partial charge in [-0.15, -0.1) is 0 Å². The summed E-state index contributed by atoms with van der Waals surface area (Å²) in [7, 11) is 0. The molecular weight excluding hydrogens is 761 g/mol. The molecule has 3 heterocycles. The Bertz CT molecular complexity index is 1590. The maximum Gasteiger partial charge on any atom is 0.704 e. The molecule has 0 aromatic heterocycles. The van der Waals surface area contributed by atoms with Gasteiger partial charge in [0.1, 0.15) is 0 Å². The lowest BCUT2D eigenvalue weighted by molar-refractivity contribution is -0.866. The van der Waals surface area contributed by atoms with Gasteiger partial charge in [-0.05, 0) is 174 Å². The number of hydrogen-bond acceptors (Lipinski definition) is 2. The van der Waals surface area contributed by atoms with E-state index < -0.39 is 6.03 Å². The quantitative estimate of drug-likeness (QED) is 0.0528. The van der Waals surface area contributed by atoms with Gasteiger partial charge in [-0.3, -0.25) is 0 Å². The second-order valence-corrected chi connectivity index (χ2v) is 19.1. The Morgan fingerprint density at radius 1 is 0.443 bits per heavy atom. The lowest BCUT2D eigenvalue weighted by atomic mass is 9.82. The molecule has 2 aromatic rings. The van der Waals surface area contributed by atoms with E-state index in [2.05, 4.69) is 91.7 Å². The van der Waals surface area contributed by atoms with Crippen LogP contribution in [0.25, 0.3) is 0 Å². The molecule has 6 rings (SSSR count). The largest absolute Gasteiger partial charge is 0.704 e. The van der Waals surface area contributed by atoms with Gasteiger partial charge in [0.15, 0.2) is 23.9 Å². The molecule has 2 fully saturated rings.